The lowest BCUT2D eigenvalue weighted by Gasteiger charge is -2.40. The Morgan fingerprint density at radius 3 is 2.50 bits per heavy atom. The van der Waals surface area contributed by atoms with E-state index >= 15 is 0 Å². The van der Waals surface area contributed by atoms with Gasteiger partial charge in [-0.1, -0.05) is 0 Å². The first-order valence-electron chi connectivity index (χ1n) is 9.44. The van der Waals surface area contributed by atoms with Gasteiger partial charge in [0.25, 0.3) is 0 Å². The lowest BCUT2D eigenvalue weighted by molar-refractivity contribution is -0.154. The summed E-state index contributed by atoms with van der Waals surface area (Å²) < 4.78 is 46.6. The van der Waals surface area contributed by atoms with E-state index in [1.54, 1.807) is 11.0 Å². The van der Waals surface area contributed by atoms with E-state index in [9.17, 15) is 23.1 Å². The number of hydrogen-bond acceptors (Lipinski definition) is 5. The van der Waals surface area contributed by atoms with Crippen LogP contribution in [-0.2, 0) is 9.53 Å². The molecule has 1 amide bonds. The van der Waals surface area contributed by atoms with Crippen LogP contribution < -0.4 is 9.64 Å². The molecule has 2 fully saturated rings. The van der Waals surface area contributed by atoms with Gasteiger partial charge in [-0.15, -0.1) is 0 Å². The number of aliphatic hydroxyl groups is 1. The number of nitrogens with zero attached hydrogens (tertiary/aromatic N) is 2. The topological polar surface area (TPSA) is 71.9 Å². The van der Waals surface area contributed by atoms with Crippen LogP contribution in [0.3, 0.4) is 0 Å². The molecule has 0 atom stereocenters. The molecule has 0 unspecified atom stereocenters. The summed E-state index contributed by atoms with van der Waals surface area (Å²) >= 11 is 0. The Morgan fingerprint density at radius 2 is 1.93 bits per heavy atom. The molecule has 28 heavy (non-hydrogen) atoms. The molecule has 1 aliphatic carbocycles. The van der Waals surface area contributed by atoms with Crippen molar-refractivity contribution in [3.05, 3.63) is 18.3 Å². The number of rotatable bonds is 6. The maximum Gasteiger partial charge on any atom is 0.422 e. The predicted octanol–water partition coefficient (Wildman–Crippen LogP) is 3.09. The van der Waals surface area contributed by atoms with Gasteiger partial charge < -0.3 is 19.5 Å². The van der Waals surface area contributed by atoms with Crippen molar-refractivity contribution >= 4 is 11.6 Å². The lowest BCUT2D eigenvalue weighted by Crippen LogP contribution is -2.45. The molecule has 1 spiro atoms. The summed E-state index contributed by atoms with van der Waals surface area (Å²) in [6.45, 7) is 1.80. The molecule has 156 valence electrons. The highest BCUT2D eigenvalue weighted by Crippen LogP contribution is 2.48. The molecule has 1 saturated carbocycles. The number of pyridine rings is 1. The third kappa shape index (κ3) is 4.57. The van der Waals surface area contributed by atoms with Crippen LogP contribution in [0.4, 0.5) is 18.9 Å². The number of ether oxygens (including phenoxy) is 2. The molecule has 1 N–H and O–H groups in total. The minimum Gasteiger partial charge on any atom is -0.468 e. The highest BCUT2D eigenvalue weighted by molar-refractivity contribution is 5.99. The van der Waals surface area contributed by atoms with E-state index in [-0.39, 0.29) is 18.4 Å². The summed E-state index contributed by atoms with van der Waals surface area (Å²) in [5.41, 5.74) is -0.839. The van der Waals surface area contributed by atoms with Crippen LogP contribution >= 0.6 is 0 Å². The molecule has 1 aliphatic heterocycles. The summed E-state index contributed by atoms with van der Waals surface area (Å²) in [6.07, 6.45) is -0.190. The zero-order valence-corrected chi connectivity index (χ0v) is 15.8. The van der Waals surface area contributed by atoms with Crippen LogP contribution in [0.2, 0.25) is 0 Å². The second kappa shape index (κ2) is 7.87. The first kappa shape index (κ1) is 20.9. The first-order chi connectivity index (χ1) is 13.2. The van der Waals surface area contributed by atoms with Crippen LogP contribution in [0.5, 0.6) is 5.88 Å². The van der Waals surface area contributed by atoms with Crippen molar-refractivity contribution < 1.29 is 32.5 Å². The number of hydrogen-bond donors (Lipinski definition) is 1. The van der Waals surface area contributed by atoms with Gasteiger partial charge in [-0.2, -0.15) is 13.2 Å². The van der Waals surface area contributed by atoms with Crippen LogP contribution in [0.15, 0.2) is 18.3 Å². The van der Waals surface area contributed by atoms with E-state index in [1.807, 2.05) is 6.92 Å². The quantitative estimate of drug-likeness (QED) is 0.792. The number of anilines is 1. The van der Waals surface area contributed by atoms with Gasteiger partial charge in [-0.05, 0) is 45.1 Å². The highest BCUT2D eigenvalue weighted by atomic mass is 19.4. The van der Waals surface area contributed by atoms with Gasteiger partial charge in [-0.3, -0.25) is 4.79 Å². The van der Waals surface area contributed by atoms with Crippen LogP contribution in [-0.4, -0.2) is 54.1 Å². The van der Waals surface area contributed by atoms with Crippen LogP contribution in [0.25, 0.3) is 0 Å². The number of amides is 1. The van der Waals surface area contributed by atoms with Crippen molar-refractivity contribution in [2.45, 2.75) is 50.8 Å². The van der Waals surface area contributed by atoms with Crippen LogP contribution in [0, 0.1) is 5.41 Å². The Kier molecular flexibility index (Phi) is 5.86. The zero-order valence-electron chi connectivity index (χ0n) is 15.8. The second-order valence-electron chi connectivity index (χ2n) is 7.61. The van der Waals surface area contributed by atoms with Crippen molar-refractivity contribution in [2.24, 2.45) is 5.41 Å². The molecule has 1 aromatic rings. The molecule has 3 rings (SSSR count). The largest absolute Gasteiger partial charge is 0.468 e. The molecule has 9 heteroatoms. The van der Waals surface area contributed by atoms with Crippen LogP contribution in [0.1, 0.15) is 39.0 Å². The number of carbonyl (C=O) groups is 1. The molecule has 2 heterocycles. The van der Waals surface area contributed by atoms with E-state index in [0.717, 1.165) is 0 Å². The van der Waals surface area contributed by atoms with E-state index in [0.29, 0.717) is 50.9 Å². The number of carbonyl (C=O) groups excluding carboxylic acids is 1. The highest BCUT2D eigenvalue weighted by Gasteiger charge is 2.51. The monoisotopic (exact) mass is 402 g/mol. The van der Waals surface area contributed by atoms with E-state index in [2.05, 4.69) is 9.72 Å². The molecule has 0 radical (unpaired) electrons. The number of halogens is 3. The average molecular weight is 402 g/mol. The molecule has 1 aromatic heterocycles. The summed E-state index contributed by atoms with van der Waals surface area (Å²) in [5.74, 6) is -0.155. The van der Waals surface area contributed by atoms with Crippen molar-refractivity contribution in [3.63, 3.8) is 0 Å². The Balaban J connectivity index is 1.61. The summed E-state index contributed by atoms with van der Waals surface area (Å²) in [7, 11) is 0. The van der Waals surface area contributed by atoms with Gasteiger partial charge in [0.2, 0.25) is 11.8 Å². The lowest BCUT2D eigenvalue weighted by atomic mass is 9.68. The Labute approximate surface area is 161 Å². The summed E-state index contributed by atoms with van der Waals surface area (Å²) in [4.78, 5) is 18.6. The standard InChI is InChI=1S/C19H25F3N2O4/c1-2-27-12-18(26)7-5-17(6-8-18)9-10-24(16(17)25)14-3-4-15(23-11-14)28-13-19(20,21)22/h3-4,11,26H,2,5-10,12-13H2,1H3/t17-,18-. The summed E-state index contributed by atoms with van der Waals surface area (Å²) in [5, 5.41) is 10.6. The van der Waals surface area contributed by atoms with E-state index in [1.165, 1.54) is 12.3 Å². The molecule has 1 saturated heterocycles. The van der Waals surface area contributed by atoms with Gasteiger partial charge in [-0.25, -0.2) is 4.98 Å². The normalized spacial score (nSPS) is 28.2. The fourth-order valence-electron chi connectivity index (χ4n) is 3.93. The molecule has 2 aliphatic rings. The van der Waals surface area contributed by atoms with Crippen molar-refractivity contribution in [1.82, 2.24) is 4.98 Å². The second-order valence-corrected chi connectivity index (χ2v) is 7.61. The summed E-state index contributed by atoms with van der Waals surface area (Å²) in [6, 6.07) is 2.88. The minimum atomic E-state index is -4.43. The molecular formula is C19H25F3N2O4. The predicted molar refractivity (Wildman–Crippen MR) is 95.1 cm³/mol. The molecule has 0 bridgehead atoms. The maximum absolute atomic E-state index is 13.1. The molecule has 0 aromatic carbocycles. The van der Waals surface area contributed by atoms with Crippen molar-refractivity contribution in [1.29, 1.82) is 0 Å². The van der Waals surface area contributed by atoms with Crippen molar-refractivity contribution in [2.75, 3.05) is 31.3 Å². The fourth-order valence-corrected chi connectivity index (χ4v) is 3.93. The first-order valence-corrected chi connectivity index (χ1v) is 9.44. The SMILES string of the molecule is CCOC[C@]1(O)CC[C@@]2(CCN(c3ccc(OCC(F)(F)F)nc3)C2=O)CC1. The average Bonchev–Trinajstić information content (AvgIpc) is 2.98. The number of aromatic nitrogens is 1. The third-order valence-corrected chi connectivity index (χ3v) is 5.64. The molecular weight excluding hydrogens is 377 g/mol. The van der Waals surface area contributed by atoms with Crippen molar-refractivity contribution in [3.8, 4) is 5.88 Å². The minimum absolute atomic E-state index is 0.0169. The van der Waals surface area contributed by atoms with E-state index in [4.69, 9.17) is 4.74 Å². The Morgan fingerprint density at radius 1 is 1.21 bits per heavy atom. The van der Waals surface area contributed by atoms with Gasteiger partial charge in [0.05, 0.1) is 29.5 Å². The smallest absolute Gasteiger partial charge is 0.422 e. The molecule has 6 nitrogen and oxygen atoms in total. The fraction of sp³-hybridized carbons (Fsp3) is 0.684. The van der Waals surface area contributed by atoms with Gasteiger partial charge in [0, 0.05) is 19.2 Å². The van der Waals surface area contributed by atoms with Gasteiger partial charge >= 0.3 is 6.18 Å². The maximum atomic E-state index is 13.1. The Bertz CT molecular complexity index is 685. The zero-order chi connectivity index (χ0) is 20.4. The van der Waals surface area contributed by atoms with Gasteiger partial charge in [0.15, 0.2) is 6.61 Å². The Hall–Kier alpha value is -1.87. The van der Waals surface area contributed by atoms with E-state index < -0.39 is 23.8 Å². The third-order valence-electron chi connectivity index (χ3n) is 5.64. The number of alkyl halides is 3. The van der Waals surface area contributed by atoms with Gasteiger partial charge in [0.1, 0.15) is 0 Å².